The number of hydrogen-bond acceptors (Lipinski definition) is 5. The Morgan fingerprint density at radius 2 is 1.65 bits per heavy atom. The highest BCUT2D eigenvalue weighted by Gasteiger charge is 2.31. The highest BCUT2D eigenvalue weighted by atomic mass is 35.5. The van der Waals surface area contributed by atoms with Crippen LogP contribution in [-0.4, -0.2) is 60.0 Å². The minimum atomic E-state index is 0.127. The lowest BCUT2D eigenvalue weighted by Gasteiger charge is -2.39. The number of likely N-dealkylation sites (tertiary alicyclic amines) is 1. The molecule has 0 unspecified atom stereocenters. The lowest BCUT2D eigenvalue weighted by atomic mass is 9.94. The number of carbonyl (C=O) groups excluding carboxylic acids is 1. The number of halogens is 1. The van der Waals surface area contributed by atoms with Crippen LogP contribution in [0, 0.1) is 12.8 Å². The van der Waals surface area contributed by atoms with Crippen LogP contribution in [0.25, 0.3) is 11.5 Å². The van der Waals surface area contributed by atoms with Crippen molar-refractivity contribution in [3.63, 3.8) is 0 Å². The number of oxazole rings is 1. The van der Waals surface area contributed by atoms with E-state index in [0.29, 0.717) is 16.8 Å². The van der Waals surface area contributed by atoms with Crippen molar-refractivity contribution >= 4 is 23.2 Å². The number of benzene rings is 2. The third-order valence-electron chi connectivity index (χ3n) is 7.01. The van der Waals surface area contributed by atoms with Crippen LogP contribution in [0.1, 0.15) is 24.3 Å². The average molecular weight is 479 g/mol. The number of anilines is 1. The fraction of sp³-hybridized carbons (Fsp3) is 0.407. The molecule has 178 valence electrons. The van der Waals surface area contributed by atoms with Gasteiger partial charge in [0.2, 0.25) is 11.8 Å². The second kappa shape index (κ2) is 10.2. The number of nitrogens with zero attached hydrogens (tertiary/aromatic N) is 4. The van der Waals surface area contributed by atoms with E-state index in [-0.39, 0.29) is 5.92 Å². The predicted octanol–water partition coefficient (Wildman–Crippen LogP) is 4.86. The van der Waals surface area contributed by atoms with Crippen molar-refractivity contribution in [2.75, 3.05) is 44.2 Å². The number of amides is 1. The molecule has 6 nitrogen and oxygen atoms in total. The van der Waals surface area contributed by atoms with Gasteiger partial charge in [-0.3, -0.25) is 9.69 Å². The highest BCUT2D eigenvalue weighted by Crippen LogP contribution is 2.26. The number of hydrogen-bond donors (Lipinski definition) is 0. The summed E-state index contributed by atoms with van der Waals surface area (Å²) in [6.07, 6.45) is 1.80. The summed E-state index contributed by atoms with van der Waals surface area (Å²) < 4.78 is 5.92. The van der Waals surface area contributed by atoms with E-state index in [9.17, 15) is 4.79 Å². The van der Waals surface area contributed by atoms with E-state index in [4.69, 9.17) is 21.0 Å². The van der Waals surface area contributed by atoms with Gasteiger partial charge in [0.1, 0.15) is 5.76 Å². The first-order valence-electron chi connectivity index (χ1n) is 12.1. The smallest absolute Gasteiger partial charge is 0.226 e. The molecule has 2 saturated heterocycles. The Morgan fingerprint density at radius 1 is 0.971 bits per heavy atom. The van der Waals surface area contributed by atoms with Crippen LogP contribution in [0.5, 0.6) is 0 Å². The number of aryl methyl sites for hydroxylation is 1. The zero-order valence-corrected chi connectivity index (χ0v) is 20.4. The third-order valence-corrected chi connectivity index (χ3v) is 7.26. The molecule has 0 aliphatic carbocycles. The standard InChI is InChI=1S/C27H31ClN4O2/c1-20-25(29-26(34-20)21-7-9-23(28)10-8-21)19-30-13-11-22(12-14-30)27(33)32-17-15-31(16-18-32)24-5-3-2-4-6-24/h2-10,22H,11-19H2,1H3. The molecule has 0 radical (unpaired) electrons. The van der Waals surface area contributed by atoms with Gasteiger partial charge in [0.05, 0.1) is 5.69 Å². The van der Waals surface area contributed by atoms with E-state index >= 15 is 0 Å². The first-order valence-corrected chi connectivity index (χ1v) is 12.5. The summed E-state index contributed by atoms with van der Waals surface area (Å²) in [4.78, 5) is 24.7. The molecular weight excluding hydrogens is 448 g/mol. The van der Waals surface area contributed by atoms with Gasteiger partial charge in [0.15, 0.2) is 0 Å². The Morgan fingerprint density at radius 3 is 2.32 bits per heavy atom. The van der Waals surface area contributed by atoms with Crippen molar-refractivity contribution in [1.82, 2.24) is 14.8 Å². The Hall–Kier alpha value is -2.83. The van der Waals surface area contributed by atoms with E-state index in [2.05, 4.69) is 39.0 Å². The van der Waals surface area contributed by atoms with Crippen molar-refractivity contribution in [2.45, 2.75) is 26.3 Å². The summed E-state index contributed by atoms with van der Waals surface area (Å²) in [5, 5.41) is 0.697. The molecule has 1 aromatic heterocycles. The van der Waals surface area contributed by atoms with E-state index in [0.717, 1.165) is 75.7 Å². The van der Waals surface area contributed by atoms with Crippen LogP contribution in [0.3, 0.4) is 0 Å². The molecule has 3 aromatic rings. The molecule has 2 aliphatic heterocycles. The largest absolute Gasteiger partial charge is 0.441 e. The van der Waals surface area contributed by atoms with Crippen LogP contribution in [0.2, 0.25) is 5.02 Å². The highest BCUT2D eigenvalue weighted by molar-refractivity contribution is 6.30. The van der Waals surface area contributed by atoms with E-state index in [1.807, 2.05) is 37.3 Å². The molecule has 2 aromatic carbocycles. The molecule has 1 amide bonds. The Balaban J connectivity index is 1.11. The fourth-order valence-corrected chi connectivity index (χ4v) is 5.05. The lowest BCUT2D eigenvalue weighted by Crippen LogP contribution is -2.51. The van der Waals surface area contributed by atoms with Crippen molar-refractivity contribution in [3.8, 4) is 11.5 Å². The van der Waals surface area contributed by atoms with Gasteiger partial charge in [0, 0.05) is 54.9 Å². The maximum Gasteiger partial charge on any atom is 0.226 e. The molecule has 5 rings (SSSR count). The molecule has 3 heterocycles. The average Bonchev–Trinajstić information content (AvgIpc) is 3.25. The zero-order chi connectivity index (χ0) is 23.5. The number of rotatable bonds is 5. The summed E-state index contributed by atoms with van der Waals surface area (Å²) in [5.74, 6) is 1.93. The topological polar surface area (TPSA) is 52.8 Å². The van der Waals surface area contributed by atoms with Gasteiger partial charge in [-0.05, 0) is 69.3 Å². The fourth-order valence-electron chi connectivity index (χ4n) is 4.92. The molecule has 34 heavy (non-hydrogen) atoms. The van der Waals surface area contributed by atoms with Crippen molar-refractivity contribution < 1.29 is 9.21 Å². The van der Waals surface area contributed by atoms with Gasteiger partial charge in [-0.15, -0.1) is 0 Å². The maximum absolute atomic E-state index is 13.2. The summed E-state index contributed by atoms with van der Waals surface area (Å²) in [6, 6.07) is 18.0. The van der Waals surface area contributed by atoms with Gasteiger partial charge in [-0.25, -0.2) is 4.98 Å². The number of para-hydroxylation sites is 1. The summed E-state index contributed by atoms with van der Waals surface area (Å²) in [5.41, 5.74) is 3.13. The van der Waals surface area contributed by atoms with Crippen LogP contribution in [0.15, 0.2) is 59.0 Å². The van der Waals surface area contributed by atoms with Crippen LogP contribution < -0.4 is 4.90 Å². The van der Waals surface area contributed by atoms with Crippen LogP contribution in [-0.2, 0) is 11.3 Å². The van der Waals surface area contributed by atoms with Crippen molar-refractivity contribution in [3.05, 3.63) is 71.1 Å². The quantitative estimate of drug-likeness (QED) is 0.524. The zero-order valence-electron chi connectivity index (χ0n) is 19.6. The molecular formula is C27H31ClN4O2. The number of carbonyl (C=O) groups is 1. The van der Waals surface area contributed by atoms with Crippen molar-refractivity contribution in [1.29, 1.82) is 0 Å². The van der Waals surface area contributed by atoms with Gasteiger partial charge >= 0.3 is 0 Å². The first-order chi connectivity index (χ1) is 16.6. The molecule has 7 heteroatoms. The molecule has 2 fully saturated rings. The lowest BCUT2D eigenvalue weighted by molar-refractivity contribution is -0.137. The molecule has 0 atom stereocenters. The summed E-state index contributed by atoms with van der Waals surface area (Å²) in [6.45, 7) is 7.93. The Labute approximate surface area is 206 Å². The molecule has 0 bridgehead atoms. The minimum Gasteiger partial charge on any atom is -0.441 e. The second-order valence-electron chi connectivity index (χ2n) is 9.23. The van der Waals surface area contributed by atoms with Crippen LogP contribution in [0.4, 0.5) is 5.69 Å². The monoisotopic (exact) mass is 478 g/mol. The normalized spacial score (nSPS) is 17.8. The van der Waals surface area contributed by atoms with Crippen molar-refractivity contribution in [2.24, 2.45) is 5.92 Å². The first kappa shape index (κ1) is 22.9. The molecule has 2 aliphatic rings. The summed E-state index contributed by atoms with van der Waals surface area (Å²) in [7, 11) is 0. The van der Waals surface area contributed by atoms with Gasteiger partial charge in [-0.2, -0.15) is 0 Å². The third kappa shape index (κ3) is 5.13. The SMILES string of the molecule is Cc1oc(-c2ccc(Cl)cc2)nc1CN1CCC(C(=O)N2CCN(c3ccccc3)CC2)CC1. The molecule has 0 N–H and O–H groups in total. The van der Waals surface area contributed by atoms with Gasteiger partial charge < -0.3 is 14.2 Å². The van der Waals surface area contributed by atoms with E-state index in [1.54, 1.807) is 0 Å². The second-order valence-corrected chi connectivity index (χ2v) is 9.66. The Bertz CT molecular complexity index is 1100. The minimum absolute atomic E-state index is 0.127. The van der Waals surface area contributed by atoms with Gasteiger partial charge in [0.25, 0.3) is 0 Å². The van der Waals surface area contributed by atoms with E-state index < -0.39 is 0 Å². The number of piperidine rings is 1. The number of piperazine rings is 1. The molecule has 0 saturated carbocycles. The maximum atomic E-state index is 13.2. The van der Waals surface area contributed by atoms with Gasteiger partial charge in [-0.1, -0.05) is 29.8 Å². The predicted molar refractivity (Wildman–Crippen MR) is 135 cm³/mol. The molecule has 0 spiro atoms. The number of aromatic nitrogens is 1. The van der Waals surface area contributed by atoms with E-state index in [1.165, 1.54) is 5.69 Å². The van der Waals surface area contributed by atoms with Crippen LogP contribution >= 0.6 is 11.6 Å². The summed E-state index contributed by atoms with van der Waals surface area (Å²) >= 11 is 5.99. The Kier molecular flexibility index (Phi) is 6.88.